The van der Waals surface area contributed by atoms with Crippen LogP contribution < -0.4 is 0 Å². The van der Waals surface area contributed by atoms with Crippen molar-refractivity contribution >= 4 is 5.97 Å². The molecule has 0 aliphatic heterocycles. The number of carboxylic acids is 1. The summed E-state index contributed by atoms with van der Waals surface area (Å²) in [7, 11) is 0. The smallest absolute Gasteiger partial charge is 0.346 e. The third-order valence-electron chi connectivity index (χ3n) is 0.655. The van der Waals surface area contributed by atoms with E-state index in [0.29, 0.717) is 0 Å². The zero-order valence-corrected chi connectivity index (χ0v) is 4.67. The Hall–Kier alpha value is -0.710. The highest BCUT2D eigenvalue weighted by Gasteiger charge is 2.15. The largest absolute Gasteiger partial charge is 0.479 e. The first-order valence-electron chi connectivity index (χ1n) is 2.20. The van der Waals surface area contributed by atoms with Gasteiger partial charge in [-0.05, 0) is 6.92 Å². The van der Waals surface area contributed by atoms with E-state index >= 15 is 0 Å². The predicted molar refractivity (Wildman–Crippen MR) is 24.2 cm³/mol. The highest BCUT2D eigenvalue weighted by atomic mass is 19.3. The summed E-state index contributed by atoms with van der Waals surface area (Å²) in [6.45, 7) is -1.98. The van der Waals surface area contributed by atoms with Gasteiger partial charge >= 0.3 is 12.6 Å². The molecule has 9 heavy (non-hydrogen) atoms. The third kappa shape index (κ3) is 3.84. The molecule has 1 atom stereocenters. The average Bonchev–Trinajstić information content (AvgIpc) is 1.63. The molecule has 0 saturated heterocycles. The minimum Gasteiger partial charge on any atom is -0.479 e. The van der Waals surface area contributed by atoms with Crippen molar-refractivity contribution in [2.75, 3.05) is 0 Å². The van der Waals surface area contributed by atoms with Gasteiger partial charge in [0.15, 0.2) is 6.10 Å². The molecule has 0 bridgehead atoms. The summed E-state index contributed by atoms with van der Waals surface area (Å²) in [5.74, 6) is -1.39. The maximum Gasteiger partial charge on any atom is 0.346 e. The van der Waals surface area contributed by atoms with Crippen molar-refractivity contribution < 1.29 is 23.4 Å². The quantitative estimate of drug-likeness (QED) is 0.627. The van der Waals surface area contributed by atoms with Gasteiger partial charge < -0.3 is 9.84 Å². The Morgan fingerprint density at radius 2 is 2.11 bits per heavy atom. The van der Waals surface area contributed by atoms with E-state index in [1.165, 1.54) is 0 Å². The first-order valence-corrected chi connectivity index (χ1v) is 2.20. The molecular weight excluding hydrogens is 134 g/mol. The topological polar surface area (TPSA) is 46.5 Å². The molecule has 0 fully saturated rings. The van der Waals surface area contributed by atoms with Crippen LogP contribution in [-0.4, -0.2) is 23.8 Å². The number of carbonyl (C=O) groups is 1. The summed E-state index contributed by atoms with van der Waals surface area (Å²) in [5.41, 5.74) is 0. The Morgan fingerprint density at radius 1 is 1.67 bits per heavy atom. The fourth-order valence-electron chi connectivity index (χ4n) is 0.213. The van der Waals surface area contributed by atoms with E-state index in [1.54, 1.807) is 0 Å². The Balaban J connectivity index is 3.50. The van der Waals surface area contributed by atoms with Gasteiger partial charge in [-0.25, -0.2) is 4.79 Å². The van der Waals surface area contributed by atoms with Gasteiger partial charge in [0.2, 0.25) is 0 Å². The number of hydrogen-bond donors (Lipinski definition) is 1. The van der Waals surface area contributed by atoms with E-state index < -0.39 is 18.7 Å². The minimum absolute atomic E-state index is 1.04. The molecule has 0 spiro atoms. The monoisotopic (exact) mass is 140 g/mol. The maximum absolute atomic E-state index is 11.2. The van der Waals surface area contributed by atoms with Crippen LogP contribution in [0.2, 0.25) is 0 Å². The molecule has 0 aromatic rings. The van der Waals surface area contributed by atoms with Crippen molar-refractivity contribution in [3.8, 4) is 0 Å². The summed E-state index contributed by atoms with van der Waals surface area (Å²) in [6, 6.07) is 0. The normalized spacial score (nSPS) is 13.8. The number of aliphatic carboxylic acids is 1. The zero-order chi connectivity index (χ0) is 7.44. The van der Waals surface area contributed by atoms with Crippen LogP contribution in [0.25, 0.3) is 0 Å². The Kier molecular flexibility index (Phi) is 3.08. The first-order chi connectivity index (χ1) is 4.04. The summed E-state index contributed by atoms with van der Waals surface area (Å²) in [5, 5.41) is 7.97. The van der Waals surface area contributed by atoms with E-state index in [0.717, 1.165) is 6.92 Å². The van der Waals surface area contributed by atoms with Crippen LogP contribution in [-0.2, 0) is 9.53 Å². The van der Waals surface area contributed by atoms with Crippen molar-refractivity contribution in [1.29, 1.82) is 0 Å². The Labute approximate surface area is 50.2 Å². The van der Waals surface area contributed by atoms with Crippen LogP contribution in [0.15, 0.2) is 0 Å². The molecule has 0 radical (unpaired) electrons. The van der Waals surface area contributed by atoms with E-state index in [1.807, 2.05) is 0 Å². The van der Waals surface area contributed by atoms with Crippen molar-refractivity contribution in [3.05, 3.63) is 0 Å². The summed E-state index contributed by atoms with van der Waals surface area (Å²) in [6.07, 6.45) is -1.44. The van der Waals surface area contributed by atoms with E-state index in [9.17, 15) is 13.6 Å². The molecule has 1 N–H and O–H groups in total. The molecule has 0 aromatic heterocycles. The van der Waals surface area contributed by atoms with Gasteiger partial charge in [0.1, 0.15) is 0 Å². The highest BCUT2D eigenvalue weighted by molar-refractivity contribution is 5.71. The van der Waals surface area contributed by atoms with Gasteiger partial charge in [0, 0.05) is 0 Å². The SMILES string of the molecule is C[C@H](OC(F)F)C(=O)O. The van der Waals surface area contributed by atoms with Gasteiger partial charge in [-0.1, -0.05) is 0 Å². The predicted octanol–water partition coefficient (Wildman–Crippen LogP) is 0.699. The van der Waals surface area contributed by atoms with Gasteiger partial charge in [-0.3, -0.25) is 0 Å². The molecular formula is C4H6F2O3. The number of ether oxygens (including phenoxy) is 1. The van der Waals surface area contributed by atoms with Crippen LogP contribution >= 0.6 is 0 Å². The summed E-state index contributed by atoms with van der Waals surface area (Å²) < 4.78 is 25.9. The second kappa shape index (κ2) is 3.34. The van der Waals surface area contributed by atoms with Crippen molar-refractivity contribution in [2.45, 2.75) is 19.6 Å². The first kappa shape index (κ1) is 8.29. The zero-order valence-electron chi connectivity index (χ0n) is 4.67. The van der Waals surface area contributed by atoms with E-state index in [4.69, 9.17) is 5.11 Å². The minimum atomic E-state index is -3.02. The lowest BCUT2D eigenvalue weighted by atomic mass is 10.4. The fourth-order valence-corrected chi connectivity index (χ4v) is 0.213. The molecule has 3 nitrogen and oxygen atoms in total. The average molecular weight is 140 g/mol. The van der Waals surface area contributed by atoms with E-state index in [-0.39, 0.29) is 0 Å². The lowest BCUT2D eigenvalue weighted by Gasteiger charge is -2.04. The summed E-state index contributed by atoms with van der Waals surface area (Å²) in [4.78, 5) is 9.78. The van der Waals surface area contributed by atoms with Gasteiger partial charge in [0.05, 0.1) is 0 Å². The van der Waals surface area contributed by atoms with Crippen molar-refractivity contribution in [3.63, 3.8) is 0 Å². The standard InChI is InChI=1S/C4H6F2O3/c1-2(3(7)8)9-4(5)6/h2,4H,1H3,(H,7,8)/t2-/m0/s1. The van der Waals surface area contributed by atoms with Crippen LogP contribution in [0.5, 0.6) is 0 Å². The molecule has 0 aliphatic rings. The number of carboxylic acid groups (broad SMARTS) is 1. The van der Waals surface area contributed by atoms with Gasteiger partial charge in [-0.2, -0.15) is 8.78 Å². The number of halogens is 2. The molecule has 54 valence electrons. The van der Waals surface area contributed by atoms with Crippen LogP contribution in [0.3, 0.4) is 0 Å². The Morgan fingerprint density at radius 3 is 2.22 bits per heavy atom. The Bertz CT molecular complexity index is 104. The van der Waals surface area contributed by atoms with Gasteiger partial charge in [0.25, 0.3) is 0 Å². The van der Waals surface area contributed by atoms with Crippen molar-refractivity contribution in [1.82, 2.24) is 0 Å². The van der Waals surface area contributed by atoms with Crippen molar-refractivity contribution in [2.24, 2.45) is 0 Å². The third-order valence-corrected chi connectivity index (χ3v) is 0.655. The molecule has 0 saturated carbocycles. The molecule has 0 amide bonds. The molecule has 0 rings (SSSR count). The second-order valence-corrected chi connectivity index (χ2v) is 1.38. The number of rotatable bonds is 3. The molecule has 0 aliphatic carbocycles. The number of hydrogen-bond acceptors (Lipinski definition) is 2. The van der Waals surface area contributed by atoms with Gasteiger partial charge in [-0.15, -0.1) is 0 Å². The number of alkyl halides is 2. The van der Waals surface area contributed by atoms with Crippen LogP contribution in [0.4, 0.5) is 8.78 Å². The molecule has 0 heterocycles. The molecule has 5 heteroatoms. The van der Waals surface area contributed by atoms with E-state index in [2.05, 4.69) is 4.74 Å². The molecule has 0 aromatic carbocycles. The highest BCUT2D eigenvalue weighted by Crippen LogP contribution is 1.99. The summed E-state index contributed by atoms with van der Waals surface area (Å²) >= 11 is 0. The maximum atomic E-state index is 11.2. The van der Waals surface area contributed by atoms with Crippen LogP contribution in [0.1, 0.15) is 6.92 Å². The molecule has 0 unspecified atom stereocenters. The fraction of sp³-hybridized carbons (Fsp3) is 0.750. The second-order valence-electron chi connectivity index (χ2n) is 1.38. The lowest BCUT2D eigenvalue weighted by Crippen LogP contribution is -2.22. The van der Waals surface area contributed by atoms with Crippen LogP contribution in [0, 0.1) is 0 Å². The lowest BCUT2D eigenvalue weighted by molar-refractivity contribution is -0.183.